The molecule has 1 aromatic rings. The van der Waals surface area contributed by atoms with Crippen LogP contribution >= 0.6 is 0 Å². The van der Waals surface area contributed by atoms with Crippen molar-refractivity contribution >= 4 is 0 Å². The Morgan fingerprint density at radius 3 is 2.69 bits per heavy atom. The van der Waals surface area contributed by atoms with E-state index in [4.69, 9.17) is 12.2 Å². The molecule has 0 spiro atoms. The molecule has 2 N–H and O–H groups in total. The second-order valence-corrected chi connectivity index (χ2v) is 4.33. The van der Waals surface area contributed by atoms with Gasteiger partial charge in [-0.2, -0.15) is 5.10 Å². The Kier molecular flexibility index (Phi) is 4.57. The van der Waals surface area contributed by atoms with E-state index in [2.05, 4.69) is 17.9 Å². The Morgan fingerprint density at radius 2 is 2.19 bits per heavy atom. The molecule has 0 fully saturated rings. The van der Waals surface area contributed by atoms with Crippen LogP contribution in [0.15, 0.2) is 0 Å². The van der Waals surface area contributed by atoms with Gasteiger partial charge in [0.1, 0.15) is 0 Å². The minimum atomic E-state index is 0.190. The van der Waals surface area contributed by atoms with Gasteiger partial charge in [0.25, 0.3) is 0 Å². The van der Waals surface area contributed by atoms with Crippen LogP contribution in [0.2, 0.25) is 0 Å². The second-order valence-electron chi connectivity index (χ2n) is 4.33. The average Bonchev–Trinajstić information content (AvgIpc) is 2.46. The number of nitrogens with two attached hydrogens (primary N) is 1. The summed E-state index contributed by atoms with van der Waals surface area (Å²) in [5, 5.41) is 4.39. The van der Waals surface area contributed by atoms with E-state index in [1.54, 1.807) is 0 Å². The summed E-state index contributed by atoms with van der Waals surface area (Å²) in [6, 6.07) is 0.190. The van der Waals surface area contributed by atoms with Crippen LogP contribution in [0.1, 0.15) is 36.2 Å². The molecule has 0 aliphatic rings. The van der Waals surface area contributed by atoms with Gasteiger partial charge in [0, 0.05) is 25.2 Å². The van der Waals surface area contributed by atoms with E-state index in [-0.39, 0.29) is 6.04 Å². The highest BCUT2D eigenvalue weighted by atomic mass is 15.3. The first-order valence-corrected chi connectivity index (χ1v) is 5.74. The van der Waals surface area contributed by atoms with E-state index in [9.17, 15) is 0 Å². The first kappa shape index (κ1) is 12.8. The summed E-state index contributed by atoms with van der Waals surface area (Å²) in [5.41, 5.74) is 9.68. The topological polar surface area (TPSA) is 43.8 Å². The van der Waals surface area contributed by atoms with Crippen molar-refractivity contribution in [3.05, 3.63) is 17.0 Å². The predicted molar refractivity (Wildman–Crippen MR) is 67.0 cm³/mol. The number of unbranched alkanes of at least 4 members (excludes halogenated alkanes) is 1. The zero-order valence-corrected chi connectivity index (χ0v) is 10.5. The molecule has 1 unspecified atom stereocenters. The molecule has 1 aromatic heterocycles. The minimum Gasteiger partial charge on any atom is -0.327 e. The zero-order valence-electron chi connectivity index (χ0n) is 10.5. The standard InChI is InChI=1S/C13H21N3/c1-5-6-7-8-12(14)9-13-10(2)15-16(4)11(13)3/h1,12H,6-9,14H2,2-4H3. The van der Waals surface area contributed by atoms with Gasteiger partial charge < -0.3 is 5.73 Å². The number of aryl methyl sites for hydroxylation is 2. The molecule has 0 aromatic carbocycles. The molecule has 0 bridgehead atoms. The molecule has 0 amide bonds. The first-order valence-electron chi connectivity index (χ1n) is 5.74. The molecule has 0 saturated heterocycles. The summed E-state index contributed by atoms with van der Waals surface area (Å²) in [7, 11) is 1.97. The summed E-state index contributed by atoms with van der Waals surface area (Å²) >= 11 is 0. The van der Waals surface area contributed by atoms with Gasteiger partial charge in [0.05, 0.1) is 5.69 Å². The summed E-state index contributed by atoms with van der Waals surface area (Å²) in [6.45, 7) is 4.12. The van der Waals surface area contributed by atoms with E-state index in [1.807, 2.05) is 18.7 Å². The Bertz CT molecular complexity index is 385. The van der Waals surface area contributed by atoms with Crippen molar-refractivity contribution in [3.63, 3.8) is 0 Å². The van der Waals surface area contributed by atoms with Gasteiger partial charge in [-0.15, -0.1) is 12.3 Å². The highest BCUT2D eigenvalue weighted by Crippen LogP contribution is 2.15. The molecular weight excluding hydrogens is 198 g/mol. The van der Waals surface area contributed by atoms with Crippen LogP contribution in [0.4, 0.5) is 0 Å². The number of rotatable bonds is 5. The molecule has 0 aliphatic carbocycles. The zero-order chi connectivity index (χ0) is 12.1. The summed E-state index contributed by atoms with van der Waals surface area (Å²) < 4.78 is 1.92. The average molecular weight is 219 g/mol. The number of hydrogen-bond acceptors (Lipinski definition) is 2. The Hall–Kier alpha value is -1.27. The maximum Gasteiger partial charge on any atom is 0.0628 e. The van der Waals surface area contributed by atoms with Crippen molar-refractivity contribution in [3.8, 4) is 12.3 Å². The molecule has 16 heavy (non-hydrogen) atoms. The van der Waals surface area contributed by atoms with Gasteiger partial charge in [-0.3, -0.25) is 4.68 Å². The molecule has 3 heteroatoms. The lowest BCUT2D eigenvalue weighted by atomic mass is 10.0. The van der Waals surface area contributed by atoms with Crippen LogP contribution in [0.25, 0.3) is 0 Å². The Balaban J connectivity index is 2.56. The highest BCUT2D eigenvalue weighted by molar-refractivity contribution is 5.25. The lowest BCUT2D eigenvalue weighted by Gasteiger charge is -2.10. The SMILES string of the molecule is C#CCCCC(N)Cc1c(C)nn(C)c1C. The third-order valence-electron chi connectivity index (χ3n) is 3.02. The van der Waals surface area contributed by atoms with Crippen molar-refractivity contribution in [1.82, 2.24) is 9.78 Å². The number of terminal acetylenes is 1. The Labute approximate surface area is 98.0 Å². The quantitative estimate of drug-likeness (QED) is 0.605. The number of aromatic nitrogens is 2. The minimum absolute atomic E-state index is 0.190. The van der Waals surface area contributed by atoms with Crippen molar-refractivity contribution in [1.29, 1.82) is 0 Å². The fourth-order valence-electron chi connectivity index (χ4n) is 1.94. The molecule has 88 valence electrons. The van der Waals surface area contributed by atoms with Crippen LogP contribution in [0.3, 0.4) is 0 Å². The molecule has 1 atom stereocenters. The summed E-state index contributed by atoms with van der Waals surface area (Å²) in [5.74, 6) is 2.64. The van der Waals surface area contributed by atoms with E-state index < -0.39 is 0 Å². The van der Waals surface area contributed by atoms with E-state index in [1.165, 1.54) is 11.3 Å². The van der Waals surface area contributed by atoms with Gasteiger partial charge >= 0.3 is 0 Å². The Morgan fingerprint density at radius 1 is 1.50 bits per heavy atom. The van der Waals surface area contributed by atoms with Gasteiger partial charge in [0.2, 0.25) is 0 Å². The fourth-order valence-corrected chi connectivity index (χ4v) is 1.94. The molecule has 0 radical (unpaired) electrons. The predicted octanol–water partition coefficient (Wildman–Crippen LogP) is 1.71. The lowest BCUT2D eigenvalue weighted by molar-refractivity contribution is 0.584. The molecule has 3 nitrogen and oxygen atoms in total. The highest BCUT2D eigenvalue weighted by Gasteiger charge is 2.12. The fraction of sp³-hybridized carbons (Fsp3) is 0.615. The van der Waals surface area contributed by atoms with Crippen molar-refractivity contribution < 1.29 is 0 Å². The van der Waals surface area contributed by atoms with Crippen LogP contribution in [0, 0.1) is 26.2 Å². The smallest absolute Gasteiger partial charge is 0.0628 e. The largest absolute Gasteiger partial charge is 0.327 e. The van der Waals surface area contributed by atoms with Crippen molar-refractivity contribution in [2.75, 3.05) is 0 Å². The summed E-state index contributed by atoms with van der Waals surface area (Å²) in [4.78, 5) is 0. The van der Waals surface area contributed by atoms with E-state index in [0.29, 0.717) is 0 Å². The monoisotopic (exact) mass is 219 g/mol. The lowest BCUT2D eigenvalue weighted by Crippen LogP contribution is -2.23. The third kappa shape index (κ3) is 3.11. The number of hydrogen-bond donors (Lipinski definition) is 1. The molecule has 1 heterocycles. The van der Waals surface area contributed by atoms with Gasteiger partial charge in [-0.1, -0.05) is 0 Å². The van der Waals surface area contributed by atoms with Crippen LogP contribution in [0.5, 0.6) is 0 Å². The van der Waals surface area contributed by atoms with E-state index >= 15 is 0 Å². The maximum atomic E-state index is 6.09. The second kappa shape index (κ2) is 5.72. The molecule has 1 rings (SSSR count). The molecule has 0 aliphatic heterocycles. The van der Waals surface area contributed by atoms with Gasteiger partial charge in [-0.05, 0) is 38.7 Å². The van der Waals surface area contributed by atoms with Crippen LogP contribution in [-0.2, 0) is 13.5 Å². The van der Waals surface area contributed by atoms with Crippen LogP contribution in [-0.4, -0.2) is 15.8 Å². The van der Waals surface area contributed by atoms with Crippen molar-refractivity contribution in [2.45, 2.75) is 45.6 Å². The molecule has 0 saturated carbocycles. The van der Waals surface area contributed by atoms with E-state index in [0.717, 1.165) is 31.4 Å². The third-order valence-corrected chi connectivity index (χ3v) is 3.02. The normalized spacial score (nSPS) is 12.4. The van der Waals surface area contributed by atoms with Crippen molar-refractivity contribution in [2.24, 2.45) is 12.8 Å². The maximum absolute atomic E-state index is 6.09. The van der Waals surface area contributed by atoms with Gasteiger partial charge in [0.15, 0.2) is 0 Å². The van der Waals surface area contributed by atoms with Crippen LogP contribution < -0.4 is 5.73 Å². The number of nitrogens with zero attached hydrogens (tertiary/aromatic N) is 2. The molecular formula is C13H21N3. The summed E-state index contributed by atoms with van der Waals surface area (Å²) in [6.07, 6.45) is 8.93. The van der Waals surface area contributed by atoms with Gasteiger partial charge in [-0.25, -0.2) is 0 Å². The first-order chi connectivity index (χ1) is 7.56.